The quantitative estimate of drug-likeness (QED) is 0.193. The van der Waals surface area contributed by atoms with Gasteiger partial charge in [-0.05, 0) is 54.3 Å². The molecule has 1 fully saturated rings. The maximum Gasteiger partial charge on any atom is -0.0365 e. The van der Waals surface area contributed by atoms with Gasteiger partial charge in [0.25, 0.3) is 0 Å². The van der Waals surface area contributed by atoms with E-state index in [4.69, 9.17) is 0 Å². The fraction of sp³-hybridized carbons (Fsp3) is 1.00. The van der Waals surface area contributed by atoms with Crippen molar-refractivity contribution in [3.05, 3.63) is 0 Å². The summed E-state index contributed by atoms with van der Waals surface area (Å²) < 4.78 is 0. The summed E-state index contributed by atoms with van der Waals surface area (Å²) >= 11 is 0. The maximum atomic E-state index is 2.57. The van der Waals surface area contributed by atoms with Crippen LogP contribution in [0, 0.1) is 41.4 Å². The highest BCUT2D eigenvalue weighted by atomic mass is 14.3. The molecule has 30 heavy (non-hydrogen) atoms. The van der Waals surface area contributed by atoms with Crippen LogP contribution in [0.15, 0.2) is 0 Å². The Kier molecular flexibility index (Phi) is 15.5. The highest BCUT2D eigenvalue weighted by Gasteiger charge is 2.26. The van der Waals surface area contributed by atoms with Crippen molar-refractivity contribution in [3.8, 4) is 0 Å². The molecule has 0 heterocycles. The van der Waals surface area contributed by atoms with E-state index in [0.29, 0.717) is 0 Å². The predicted octanol–water partition coefficient (Wildman–Crippen LogP) is 10.7. The molecule has 0 aromatic heterocycles. The van der Waals surface area contributed by atoms with Crippen LogP contribution in [-0.2, 0) is 0 Å². The lowest BCUT2D eigenvalue weighted by Crippen LogP contribution is -2.19. The molecule has 5 atom stereocenters. The lowest BCUT2D eigenvalue weighted by molar-refractivity contribution is 0.211. The van der Waals surface area contributed by atoms with Crippen LogP contribution in [0.4, 0.5) is 0 Å². The van der Waals surface area contributed by atoms with E-state index < -0.39 is 0 Å². The van der Waals surface area contributed by atoms with E-state index in [1.807, 2.05) is 0 Å². The van der Waals surface area contributed by atoms with Crippen molar-refractivity contribution in [3.63, 3.8) is 0 Å². The van der Waals surface area contributed by atoms with E-state index in [-0.39, 0.29) is 0 Å². The third-order valence-corrected chi connectivity index (χ3v) is 8.79. The SMILES string of the molecule is CCCC(CCC)CCCCC(C)CCC(C(C)C)C(C)CCC1CCC(CC)C1. The van der Waals surface area contributed by atoms with E-state index in [0.717, 1.165) is 41.4 Å². The molecular weight excluding hydrogens is 360 g/mol. The van der Waals surface area contributed by atoms with Crippen LogP contribution in [0.1, 0.15) is 151 Å². The van der Waals surface area contributed by atoms with E-state index in [1.165, 1.54) is 103 Å². The van der Waals surface area contributed by atoms with Crippen molar-refractivity contribution >= 4 is 0 Å². The van der Waals surface area contributed by atoms with E-state index in [9.17, 15) is 0 Å². The van der Waals surface area contributed by atoms with Gasteiger partial charge in [-0.1, -0.05) is 138 Å². The van der Waals surface area contributed by atoms with Gasteiger partial charge >= 0.3 is 0 Å². The fourth-order valence-electron chi connectivity index (χ4n) is 6.60. The Bertz CT molecular complexity index is 377. The second-order valence-electron chi connectivity index (χ2n) is 11.8. The molecule has 1 rings (SSSR count). The van der Waals surface area contributed by atoms with Gasteiger partial charge in [-0.15, -0.1) is 0 Å². The molecule has 0 saturated heterocycles. The summed E-state index contributed by atoms with van der Waals surface area (Å²) in [5, 5.41) is 0. The molecule has 0 nitrogen and oxygen atoms in total. The molecule has 0 aromatic rings. The van der Waals surface area contributed by atoms with Gasteiger partial charge in [0.15, 0.2) is 0 Å². The summed E-state index contributed by atoms with van der Waals surface area (Å²) in [5.74, 6) is 6.74. The number of hydrogen-bond donors (Lipinski definition) is 0. The zero-order chi connectivity index (χ0) is 22.4. The van der Waals surface area contributed by atoms with Crippen LogP contribution in [0.2, 0.25) is 0 Å². The van der Waals surface area contributed by atoms with Crippen molar-refractivity contribution < 1.29 is 0 Å². The minimum Gasteiger partial charge on any atom is -0.0654 e. The summed E-state index contributed by atoms with van der Waals surface area (Å²) in [6.45, 7) is 17.2. The maximum absolute atomic E-state index is 2.57. The predicted molar refractivity (Wildman–Crippen MR) is 138 cm³/mol. The molecule has 0 radical (unpaired) electrons. The van der Waals surface area contributed by atoms with Crippen LogP contribution in [0.25, 0.3) is 0 Å². The molecule has 1 aliphatic carbocycles. The fourth-order valence-corrected chi connectivity index (χ4v) is 6.60. The molecule has 0 spiro atoms. The standard InChI is InChI=1S/C30H60/c1-8-13-28(14-9-2)16-12-11-15-25(6)17-22-30(24(4)5)26(7)18-19-29-21-20-27(10-3)23-29/h24-30H,8-23H2,1-7H3. The van der Waals surface area contributed by atoms with Gasteiger partial charge in [0.1, 0.15) is 0 Å². The summed E-state index contributed by atoms with van der Waals surface area (Å²) in [4.78, 5) is 0. The van der Waals surface area contributed by atoms with Crippen LogP contribution in [0.5, 0.6) is 0 Å². The molecule has 1 saturated carbocycles. The monoisotopic (exact) mass is 420 g/mol. The van der Waals surface area contributed by atoms with Crippen molar-refractivity contribution in [1.29, 1.82) is 0 Å². The van der Waals surface area contributed by atoms with Crippen LogP contribution in [0.3, 0.4) is 0 Å². The summed E-state index contributed by atoms with van der Waals surface area (Å²) in [5.41, 5.74) is 0. The van der Waals surface area contributed by atoms with Gasteiger partial charge in [0.2, 0.25) is 0 Å². The Morgan fingerprint density at radius 2 is 1.30 bits per heavy atom. The first-order chi connectivity index (χ1) is 14.4. The largest absolute Gasteiger partial charge is 0.0654 e. The van der Waals surface area contributed by atoms with Crippen LogP contribution < -0.4 is 0 Å². The average molecular weight is 421 g/mol. The molecule has 180 valence electrons. The summed E-state index contributed by atoms with van der Waals surface area (Å²) in [6.07, 6.45) is 23.4. The third-order valence-electron chi connectivity index (χ3n) is 8.79. The van der Waals surface area contributed by atoms with Crippen molar-refractivity contribution in [2.24, 2.45) is 41.4 Å². The third kappa shape index (κ3) is 11.6. The summed E-state index contributed by atoms with van der Waals surface area (Å²) in [6, 6.07) is 0. The number of rotatable bonds is 18. The Hall–Kier alpha value is 0. The molecular formula is C30H60. The lowest BCUT2D eigenvalue weighted by atomic mass is 9.76. The molecule has 0 heteroatoms. The topological polar surface area (TPSA) is 0 Å². The smallest absolute Gasteiger partial charge is 0.0365 e. The molecule has 0 aromatic carbocycles. The molecule has 0 N–H and O–H groups in total. The van der Waals surface area contributed by atoms with E-state index in [1.54, 1.807) is 0 Å². The molecule has 0 amide bonds. The van der Waals surface area contributed by atoms with Gasteiger partial charge in [0.05, 0.1) is 0 Å². The number of hydrogen-bond acceptors (Lipinski definition) is 0. The second-order valence-corrected chi connectivity index (χ2v) is 11.8. The van der Waals surface area contributed by atoms with Gasteiger partial charge in [0, 0.05) is 0 Å². The Balaban J connectivity index is 2.25. The second kappa shape index (κ2) is 16.6. The van der Waals surface area contributed by atoms with Crippen molar-refractivity contribution in [1.82, 2.24) is 0 Å². The first-order valence-electron chi connectivity index (χ1n) is 14.4. The zero-order valence-corrected chi connectivity index (χ0v) is 22.4. The average Bonchev–Trinajstić information content (AvgIpc) is 3.18. The first-order valence-corrected chi connectivity index (χ1v) is 14.4. The van der Waals surface area contributed by atoms with E-state index in [2.05, 4.69) is 48.5 Å². The minimum atomic E-state index is 0.850. The van der Waals surface area contributed by atoms with Gasteiger partial charge in [-0.25, -0.2) is 0 Å². The summed E-state index contributed by atoms with van der Waals surface area (Å²) in [7, 11) is 0. The Morgan fingerprint density at radius 1 is 0.667 bits per heavy atom. The highest BCUT2D eigenvalue weighted by molar-refractivity contribution is 4.77. The molecule has 0 bridgehead atoms. The Labute approximate surface area is 192 Å². The highest BCUT2D eigenvalue weighted by Crippen LogP contribution is 2.38. The molecule has 0 aliphatic heterocycles. The normalized spacial score (nSPS) is 22.7. The zero-order valence-electron chi connectivity index (χ0n) is 22.4. The lowest BCUT2D eigenvalue weighted by Gasteiger charge is -2.29. The van der Waals surface area contributed by atoms with Crippen LogP contribution >= 0.6 is 0 Å². The van der Waals surface area contributed by atoms with Crippen LogP contribution in [-0.4, -0.2) is 0 Å². The van der Waals surface area contributed by atoms with Gasteiger partial charge in [-0.2, -0.15) is 0 Å². The number of unbranched alkanes of at least 4 members (excludes halogenated alkanes) is 1. The van der Waals surface area contributed by atoms with Gasteiger partial charge < -0.3 is 0 Å². The first kappa shape index (κ1) is 28.0. The van der Waals surface area contributed by atoms with Gasteiger partial charge in [-0.3, -0.25) is 0 Å². The Morgan fingerprint density at radius 3 is 1.87 bits per heavy atom. The molecule has 5 unspecified atom stereocenters. The van der Waals surface area contributed by atoms with Crippen molar-refractivity contribution in [2.45, 2.75) is 151 Å². The molecule has 1 aliphatic rings. The van der Waals surface area contributed by atoms with E-state index >= 15 is 0 Å². The van der Waals surface area contributed by atoms with Crippen molar-refractivity contribution in [2.75, 3.05) is 0 Å². The minimum absolute atomic E-state index is 0.850.